The first-order valence-corrected chi connectivity index (χ1v) is 3.29. The zero-order valence-corrected chi connectivity index (χ0v) is 9.47. The molecule has 54 valence electrons. The molecule has 0 atom stereocenters. The molecule has 0 fully saturated rings. The fraction of sp³-hybridized carbons (Fsp3) is 0. The summed E-state index contributed by atoms with van der Waals surface area (Å²) in [7, 11) is -3.25. The van der Waals surface area contributed by atoms with Crippen LogP contribution in [0.3, 0.4) is 0 Å². The van der Waals surface area contributed by atoms with Gasteiger partial charge in [-0.3, -0.25) is 13.7 Å². The molecule has 0 N–H and O–H groups in total. The number of hydrogen-bond donors (Lipinski definition) is 0. The minimum atomic E-state index is -1.08. The Balaban J connectivity index is -0.00000001000. The Bertz CT molecular complexity index is 57.5. The summed E-state index contributed by atoms with van der Waals surface area (Å²) in [6.07, 6.45) is 0. The van der Waals surface area contributed by atoms with Crippen molar-refractivity contribution >= 4 is 26.1 Å². The van der Waals surface area contributed by atoms with E-state index < -0.39 is 26.1 Å². The molecule has 0 saturated heterocycles. The Labute approximate surface area is 86.8 Å². The minimum Gasteiger partial charge on any atom is -0.772 e. The van der Waals surface area contributed by atoms with E-state index in [0.29, 0.717) is 0 Å². The van der Waals surface area contributed by atoms with Crippen molar-refractivity contribution < 1.29 is 60.8 Å². The molecule has 0 saturated carbocycles. The van der Waals surface area contributed by atoms with Crippen molar-refractivity contribution in [2.24, 2.45) is 0 Å². The summed E-state index contributed by atoms with van der Waals surface area (Å²) in [5, 5.41) is 0. The van der Waals surface area contributed by atoms with E-state index in [9.17, 15) is 0 Å². The van der Waals surface area contributed by atoms with E-state index in [-0.39, 0.29) is 32.4 Å². The van der Waals surface area contributed by atoms with Gasteiger partial charge in [0.25, 0.3) is 0 Å². The molecule has 0 spiro atoms. The Morgan fingerprint density at radius 2 is 0.800 bits per heavy atom. The Morgan fingerprint density at radius 3 is 0.800 bits per heavy atom. The summed E-state index contributed by atoms with van der Waals surface area (Å²) in [4.78, 5) is 25.0. The SMILES string of the molecule is O=P[O-].O=P[O-].O=P[O-].[H+].[H+].[Na+]. The van der Waals surface area contributed by atoms with E-state index in [0.717, 1.165) is 0 Å². The van der Waals surface area contributed by atoms with E-state index in [4.69, 9.17) is 28.4 Å². The van der Waals surface area contributed by atoms with Gasteiger partial charge < -0.3 is 14.7 Å². The van der Waals surface area contributed by atoms with Crippen molar-refractivity contribution in [3.8, 4) is 0 Å². The maximum atomic E-state index is 8.35. The van der Waals surface area contributed by atoms with E-state index in [1.54, 1.807) is 0 Å². The van der Waals surface area contributed by atoms with E-state index in [2.05, 4.69) is 0 Å². The van der Waals surface area contributed by atoms with Gasteiger partial charge in [0.05, 0.1) is 26.1 Å². The maximum Gasteiger partial charge on any atom is 1.00 e. The average molecular weight is 214 g/mol. The normalized spacial score (nSPS) is 6.30. The van der Waals surface area contributed by atoms with Crippen LogP contribution in [0.1, 0.15) is 2.85 Å². The van der Waals surface area contributed by atoms with Gasteiger partial charge in [0.15, 0.2) is 0 Å². The van der Waals surface area contributed by atoms with Gasteiger partial charge in [-0.2, -0.15) is 0 Å². The summed E-state index contributed by atoms with van der Waals surface area (Å²) in [5.41, 5.74) is 0. The molecule has 0 unspecified atom stereocenters. The van der Waals surface area contributed by atoms with Crippen LogP contribution in [-0.4, -0.2) is 0 Å². The average Bonchev–Trinajstić information content (AvgIpc) is 1.70. The van der Waals surface area contributed by atoms with Gasteiger partial charge in [-0.1, -0.05) is 0 Å². The van der Waals surface area contributed by atoms with Gasteiger partial charge in [-0.05, 0) is 0 Å². The molecule has 10 heteroatoms. The first-order chi connectivity index (χ1) is 4.24. The predicted molar refractivity (Wildman–Crippen MR) is 25.0 cm³/mol. The second-order valence-electron chi connectivity index (χ2n) is 0.224. The third-order valence-corrected chi connectivity index (χ3v) is 0. The van der Waals surface area contributed by atoms with Crippen molar-refractivity contribution in [2.45, 2.75) is 0 Å². The van der Waals surface area contributed by atoms with E-state index in [1.165, 1.54) is 0 Å². The standard InChI is InChI=1S/Na.3HO2P/c;3*1-3-2/h;3*(H,1,2)/q+1;;;/p-1. The molecule has 0 aromatic rings. The molecule has 0 aliphatic heterocycles. The van der Waals surface area contributed by atoms with Gasteiger partial charge in [0.2, 0.25) is 0 Å². The number of rotatable bonds is 0. The molecule has 0 heterocycles. The zero-order valence-electron chi connectivity index (χ0n) is 6.79. The first-order valence-electron chi connectivity index (χ1n) is 1.10. The van der Waals surface area contributed by atoms with Crippen LogP contribution in [0.4, 0.5) is 0 Å². The third-order valence-electron chi connectivity index (χ3n) is 0. The molecule has 0 aromatic carbocycles. The van der Waals surface area contributed by atoms with Crippen LogP contribution in [-0.2, 0) is 13.7 Å². The van der Waals surface area contributed by atoms with Gasteiger partial charge in [0.1, 0.15) is 0 Å². The Morgan fingerprint density at radius 1 is 0.800 bits per heavy atom. The molecular formula is H2NaO6P3. The molecule has 0 bridgehead atoms. The molecule has 0 radical (unpaired) electrons. The molecule has 0 aliphatic carbocycles. The fourth-order valence-electron chi connectivity index (χ4n) is 0. The molecule has 10 heavy (non-hydrogen) atoms. The quantitative estimate of drug-likeness (QED) is 0.298. The maximum absolute atomic E-state index is 8.35. The van der Waals surface area contributed by atoms with Crippen LogP contribution in [0.25, 0.3) is 0 Å². The topological polar surface area (TPSA) is 120 Å². The Hall–Kier alpha value is 1.18. The summed E-state index contributed by atoms with van der Waals surface area (Å²) in [5.74, 6) is 0. The molecule has 0 aliphatic rings. The largest absolute Gasteiger partial charge is 1.00 e. The van der Waals surface area contributed by atoms with Crippen LogP contribution < -0.4 is 44.2 Å². The van der Waals surface area contributed by atoms with Gasteiger partial charge in [0, 0.05) is 0 Å². The van der Waals surface area contributed by atoms with Crippen molar-refractivity contribution in [1.82, 2.24) is 0 Å². The van der Waals surface area contributed by atoms with Crippen LogP contribution >= 0.6 is 26.1 Å². The van der Waals surface area contributed by atoms with Gasteiger partial charge in [-0.25, -0.2) is 0 Å². The van der Waals surface area contributed by atoms with Crippen LogP contribution in [0.15, 0.2) is 0 Å². The van der Waals surface area contributed by atoms with E-state index in [1.807, 2.05) is 0 Å². The van der Waals surface area contributed by atoms with Crippen molar-refractivity contribution in [2.75, 3.05) is 0 Å². The summed E-state index contributed by atoms with van der Waals surface area (Å²) >= 11 is 0. The fourth-order valence-corrected chi connectivity index (χ4v) is 0. The molecule has 6 nitrogen and oxygen atoms in total. The van der Waals surface area contributed by atoms with Crippen molar-refractivity contribution in [3.05, 3.63) is 0 Å². The van der Waals surface area contributed by atoms with Crippen molar-refractivity contribution in [3.63, 3.8) is 0 Å². The Kier molecular flexibility index (Phi) is 110. The molecule has 0 aromatic heterocycles. The van der Waals surface area contributed by atoms with Gasteiger partial charge in [-0.15, -0.1) is 0 Å². The molecular weight excluding hydrogens is 212 g/mol. The number of hydrogen-bond acceptors (Lipinski definition) is 6. The monoisotopic (exact) mass is 214 g/mol. The van der Waals surface area contributed by atoms with Crippen LogP contribution in [0.2, 0.25) is 0 Å². The first kappa shape index (κ1) is 22.5. The minimum absolute atomic E-state index is 0. The van der Waals surface area contributed by atoms with Gasteiger partial charge >= 0.3 is 32.4 Å². The predicted octanol–water partition coefficient (Wildman–Crippen LogP) is -4.11. The zero-order chi connectivity index (χ0) is 8.12. The summed E-state index contributed by atoms with van der Waals surface area (Å²) in [6.45, 7) is 0. The van der Waals surface area contributed by atoms with Crippen LogP contribution in [0.5, 0.6) is 0 Å². The smallest absolute Gasteiger partial charge is 0.772 e. The summed E-state index contributed by atoms with van der Waals surface area (Å²) < 4.78 is 25.0. The van der Waals surface area contributed by atoms with E-state index >= 15 is 0 Å². The third kappa shape index (κ3) is 441. The van der Waals surface area contributed by atoms with Crippen LogP contribution in [0, 0.1) is 0 Å². The second kappa shape index (κ2) is 49.1. The summed E-state index contributed by atoms with van der Waals surface area (Å²) in [6, 6.07) is 0. The molecule has 0 rings (SSSR count). The molecule has 0 amide bonds. The second-order valence-corrected chi connectivity index (χ2v) is 0.671. The van der Waals surface area contributed by atoms with Crippen molar-refractivity contribution in [1.29, 1.82) is 0 Å².